The van der Waals surface area contributed by atoms with Gasteiger partial charge in [-0.2, -0.15) is 0 Å². The summed E-state index contributed by atoms with van der Waals surface area (Å²) in [5.74, 6) is 1.72. The van der Waals surface area contributed by atoms with E-state index in [0.717, 1.165) is 29.2 Å². The van der Waals surface area contributed by atoms with Crippen molar-refractivity contribution in [3.63, 3.8) is 0 Å². The fraction of sp³-hybridized carbons (Fsp3) is 0.120. The van der Waals surface area contributed by atoms with E-state index in [0.29, 0.717) is 0 Å². The Morgan fingerprint density at radius 2 is 1.04 bits per heavy atom. The number of ether oxygens (including phenoxy) is 2. The van der Waals surface area contributed by atoms with Gasteiger partial charge >= 0.3 is 0 Å². The molecule has 0 unspecified atom stereocenters. The Morgan fingerprint density at radius 1 is 0.571 bits per heavy atom. The van der Waals surface area contributed by atoms with Gasteiger partial charge in [0.25, 0.3) is 0 Å². The number of hydrogen-bond donors (Lipinski definition) is 0. The Labute approximate surface area is 165 Å². The minimum absolute atomic E-state index is 0.802. The lowest BCUT2D eigenvalue weighted by Gasteiger charge is -2.15. The molecular formula is C25H23NO2. The van der Waals surface area contributed by atoms with E-state index >= 15 is 0 Å². The largest absolute Gasteiger partial charge is 0.497 e. The Hall–Kier alpha value is -3.46. The van der Waals surface area contributed by atoms with E-state index in [2.05, 4.69) is 65.2 Å². The minimum Gasteiger partial charge on any atom is -0.497 e. The smallest absolute Gasteiger partial charge is 0.118 e. The first-order valence-corrected chi connectivity index (χ1v) is 9.31. The molecule has 0 aliphatic rings. The second kappa shape index (κ2) is 8.05. The molecule has 4 aromatic rings. The van der Waals surface area contributed by atoms with Crippen LogP contribution in [0, 0.1) is 0 Å². The lowest BCUT2D eigenvalue weighted by Crippen LogP contribution is -2.03. The molecule has 4 rings (SSSR count). The van der Waals surface area contributed by atoms with E-state index in [4.69, 9.17) is 9.47 Å². The van der Waals surface area contributed by atoms with Crippen molar-refractivity contribution in [3.8, 4) is 34.0 Å². The third-order valence-corrected chi connectivity index (χ3v) is 4.94. The number of nitrogens with zero attached hydrogens (tertiary/aromatic N) is 1. The van der Waals surface area contributed by atoms with Gasteiger partial charge in [0.1, 0.15) is 11.5 Å². The van der Waals surface area contributed by atoms with Crippen molar-refractivity contribution in [2.24, 2.45) is 0 Å². The van der Waals surface area contributed by atoms with Crippen molar-refractivity contribution in [2.45, 2.75) is 6.54 Å². The van der Waals surface area contributed by atoms with Crippen LogP contribution >= 0.6 is 0 Å². The van der Waals surface area contributed by atoms with E-state index in [-0.39, 0.29) is 0 Å². The van der Waals surface area contributed by atoms with Crippen LogP contribution < -0.4 is 9.47 Å². The van der Waals surface area contributed by atoms with Gasteiger partial charge in [-0.15, -0.1) is 0 Å². The number of benzene rings is 3. The predicted molar refractivity (Wildman–Crippen MR) is 114 cm³/mol. The first kappa shape index (κ1) is 17.9. The van der Waals surface area contributed by atoms with Crippen LogP contribution in [0.1, 0.15) is 5.56 Å². The van der Waals surface area contributed by atoms with Gasteiger partial charge in [-0.3, -0.25) is 0 Å². The second-order valence-corrected chi connectivity index (χ2v) is 6.63. The van der Waals surface area contributed by atoms with Crippen molar-refractivity contribution in [1.82, 2.24) is 4.57 Å². The van der Waals surface area contributed by atoms with Crippen molar-refractivity contribution >= 4 is 0 Å². The summed E-state index contributed by atoms with van der Waals surface area (Å²) in [5.41, 5.74) is 5.95. The standard InChI is InChI=1S/C25H23NO2/c1-27-22-12-8-20(9-13-22)24-16-17-25(21-10-14-23(28-2)15-11-21)26(24)18-19-6-4-3-5-7-19/h3-17H,18H2,1-2H3. The number of hydrogen-bond acceptors (Lipinski definition) is 2. The number of aromatic nitrogens is 1. The van der Waals surface area contributed by atoms with E-state index < -0.39 is 0 Å². The van der Waals surface area contributed by atoms with Crippen LogP contribution in [0.5, 0.6) is 11.5 Å². The summed E-state index contributed by atoms with van der Waals surface area (Å²) in [6.45, 7) is 0.802. The van der Waals surface area contributed by atoms with Crippen molar-refractivity contribution in [2.75, 3.05) is 14.2 Å². The van der Waals surface area contributed by atoms with Crippen LogP contribution in [0.2, 0.25) is 0 Å². The highest BCUT2D eigenvalue weighted by atomic mass is 16.5. The van der Waals surface area contributed by atoms with Crippen LogP contribution in [0.3, 0.4) is 0 Å². The quantitative estimate of drug-likeness (QED) is 0.423. The molecule has 140 valence electrons. The zero-order chi connectivity index (χ0) is 19.3. The zero-order valence-corrected chi connectivity index (χ0v) is 16.1. The van der Waals surface area contributed by atoms with E-state index in [1.165, 1.54) is 17.0 Å². The first-order chi connectivity index (χ1) is 13.8. The monoisotopic (exact) mass is 369 g/mol. The summed E-state index contributed by atoms with van der Waals surface area (Å²) in [6, 6.07) is 31.3. The molecule has 0 aliphatic carbocycles. The Kier molecular flexibility index (Phi) is 5.16. The van der Waals surface area contributed by atoms with Crippen LogP contribution in [0.15, 0.2) is 91.0 Å². The van der Waals surface area contributed by atoms with E-state index in [9.17, 15) is 0 Å². The third-order valence-electron chi connectivity index (χ3n) is 4.94. The van der Waals surface area contributed by atoms with Crippen molar-refractivity contribution in [3.05, 3.63) is 96.6 Å². The highest BCUT2D eigenvalue weighted by Crippen LogP contribution is 2.31. The highest BCUT2D eigenvalue weighted by molar-refractivity contribution is 5.70. The normalized spacial score (nSPS) is 10.6. The molecule has 3 aromatic carbocycles. The zero-order valence-electron chi connectivity index (χ0n) is 16.1. The summed E-state index contributed by atoms with van der Waals surface area (Å²) < 4.78 is 13.0. The number of methoxy groups -OCH3 is 2. The molecule has 0 amide bonds. The van der Waals surface area contributed by atoms with Crippen LogP contribution in [-0.2, 0) is 6.54 Å². The molecule has 3 heteroatoms. The molecule has 0 spiro atoms. The van der Waals surface area contributed by atoms with E-state index in [1.54, 1.807) is 14.2 Å². The van der Waals surface area contributed by atoms with Crippen LogP contribution in [0.4, 0.5) is 0 Å². The molecule has 0 fully saturated rings. The Morgan fingerprint density at radius 3 is 1.46 bits per heavy atom. The molecule has 0 saturated carbocycles. The Balaban J connectivity index is 1.80. The fourth-order valence-corrected chi connectivity index (χ4v) is 3.43. The van der Waals surface area contributed by atoms with E-state index in [1.807, 2.05) is 30.3 Å². The molecule has 1 heterocycles. The van der Waals surface area contributed by atoms with Crippen LogP contribution in [0.25, 0.3) is 22.5 Å². The van der Waals surface area contributed by atoms with Gasteiger partial charge in [0.15, 0.2) is 0 Å². The van der Waals surface area contributed by atoms with Crippen molar-refractivity contribution < 1.29 is 9.47 Å². The SMILES string of the molecule is COc1ccc(-c2ccc(-c3ccc(OC)cc3)n2Cc2ccccc2)cc1. The maximum Gasteiger partial charge on any atom is 0.118 e. The van der Waals surface area contributed by atoms with Crippen molar-refractivity contribution in [1.29, 1.82) is 0 Å². The van der Waals surface area contributed by atoms with Gasteiger partial charge in [-0.25, -0.2) is 0 Å². The van der Waals surface area contributed by atoms with Crippen LogP contribution in [-0.4, -0.2) is 18.8 Å². The maximum absolute atomic E-state index is 5.31. The molecule has 1 aromatic heterocycles. The van der Waals surface area contributed by atoms with Gasteiger partial charge in [0, 0.05) is 17.9 Å². The molecule has 0 atom stereocenters. The molecule has 0 N–H and O–H groups in total. The van der Waals surface area contributed by atoms with Gasteiger partial charge < -0.3 is 14.0 Å². The summed E-state index contributed by atoms with van der Waals surface area (Å²) >= 11 is 0. The lowest BCUT2D eigenvalue weighted by atomic mass is 10.1. The average Bonchev–Trinajstić information content (AvgIpc) is 3.18. The number of rotatable bonds is 6. The first-order valence-electron chi connectivity index (χ1n) is 9.31. The summed E-state index contributed by atoms with van der Waals surface area (Å²) in [7, 11) is 3.38. The molecule has 0 saturated heterocycles. The molecule has 0 radical (unpaired) electrons. The highest BCUT2D eigenvalue weighted by Gasteiger charge is 2.13. The Bertz CT molecular complexity index is 967. The average molecular weight is 369 g/mol. The predicted octanol–water partition coefficient (Wildman–Crippen LogP) is 5.89. The minimum atomic E-state index is 0.802. The van der Waals surface area contributed by atoms with Gasteiger partial charge in [0.2, 0.25) is 0 Å². The third kappa shape index (κ3) is 3.65. The molecule has 3 nitrogen and oxygen atoms in total. The lowest BCUT2D eigenvalue weighted by molar-refractivity contribution is 0.415. The maximum atomic E-state index is 5.31. The molecule has 0 bridgehead atoms. The molecule has 0 aliphatic heterocycles. The molecular weight excluding hydrogens is 346 g/mol. The summed E-state index contributed by atoms with van der Waals surface area (Å²) in [6.07, 6.45) is 0. The van der Waals surface area contributed by atoms with Gasteiger partial charge in [0.05, 0.1) is 14.2 Å². The molecule has 28 heavy (non-hydrogen) atoms. The second-order valence-electron chi connectivity index (χ2n) is 6.63. The topological polar surface area (TPSA) is 23.4 Å². The van der Waals surface area contributed by atoms with Gasteiger partial charge in [-0.05, 0) is 77.4 Å². The summed E-state index contributed by atoms with van der Waals surface area (Å²) in [4.78, 5) is 0. The fourth-order valence-electron chi connectivity index (χ4n) is 3.43. The summed E-state index contributed by atoms with van der Waals surface area (Å²) in [5, 5.41) is 0. The van der Waals surface area contributed by atoms with Gasteiger partial charge in [-0.1, -0.05) is 30.3 Å².